The maximum absolute atomic E-state index is 10.6. The fourth-order valence-corrected chi connectivity index (χ4v) is 1.14. The third-order valence-corrected chi connectivity index (χ3v) is 1.80. The summed E-state index contributed by atoms with van der Waals surface area (Å²) in [6, 6.07) is 8.45. The lowest BCUT2D eigenvalue weighted by Gasteiger charge is -2.00. The van der Waals surface area contributed by atoms with Crippen molar-refractivity contribution in [2.45, 2.75) is 6.18 Å². The minimum atomic E-state index is -5.08. The van der Waals surface area contributed by atoms with Gasteiger partial charge in [0.2, 0.25) is 0 Å². The fourth-order valence-electron chi connectivity index (χ4n) is 0.670. The van der Waals surface area contributed by atoms with Crippen LogP contribution in [0.2, 0.25) is 0 Å². The number of halogens is 3. The number of carbonyl (C=O) groups is 1. The van der Waals surface area contributed by atoms with Gasteiger partial charge in [0.25, 0.3) is 10.2 Å². The van der Waals surface area contributed by atoms with Crippen LogP contribution in [0.4, 0.5) is 18.9 Å². The first kappa shape index (κ1) is 16.2. The standard InChI is InChI=1S/C6H8N2O2S.C2HF3O2/c7-11(9,10)8-6-4-2-1-3-5-6;3-2(4,5)1(6)7/h1-5,8H,(H2,7,9,10);(H,6,7). The molecule has 0 saturated heterocycles. The molecule has 1 rings (SSSR count). The smallest absolute Gasteiger partial charge is 0.475 e. The van der Waals surface area contributed by atoms with Crippen LogP contribution in [0.15, 0.2) is 30.3 Å². The molecule has 0 saturated carbocycles. The molecule has 102 valence electrons. The Morgan fingerprint density at radius 3 is 1.89 bits per heavy atom. The average Bonchev–Trinajstić information content (AvgIpc) is 2.15. The molecule has 0 aliphatic heterocycles. The molecule has 1 aromatic rings. The minimum absolute atomic E-state index is 0.468. The van der Waals surface area contributed by atoms with Gasteiger partial charge < -0.3 is 5.11 Å². The van der Waals surface area contributed by atoms with Crippen LogP contribution in [-0.2, 0) is 15.0 Å². The number of alkyl halides is 3. The summed E-state index contributed by atoms with van der Waals surface area (Å²) in [7, 11) is -3.63. The highest BCUT2D eigenvalue weighted by Crippen LogP contribution is 2.13. The molecule has 0 aliphatic rings. The lowest BCUT2D eigenvalue weighted by Crippen LogP contribution is -2.21. The summed E-state index contributed by atoms with van der Waals surface area (Å²) < 4.78 is 54.8. The zero-order valence-electron chi connectivity index (χ0n) is 8.68. The van der Waals surface area contributed by atoms with Gasteiger partial charge in [-0.2, -0.15) is 21.6 Å². The number of aliphatic carboxylic acids is 1. The number of para-hydroxylation sites is 1. The van der Waals surface area contributed by atoms with Crippen molar-refractivity contribution in [1.82, 2.24) is 0 Å². The summed E-state index contributed by atoms with van der Waals surface area (Å²) in [6.07, 6.45) is -5.08. The molecule has 1 aromatic carbocycles. The predicted molar refractivity (Wildman–Crippen MR) is 56.9 cm³/mol. The van der Waals surface area contributed by atoms with Crippen LogP contribution in [0, 0.1) is 0 Å². The summed E-state index contributed by atoms with van der Waals surface area (Å²) in [5.41, 5.74) is 0.468. The molecule has 0 atom stereocenters. The van der Waals surface area contributed by atoms with E-state index in [-0.39, 0.29) is 0 Å². The predicted octanol–water partition coefficient (Wildman–Crippen LogP) is 0.935. The highest BCUT2D eigenvalue weighted by Gasteiger charge is 2.38. The van der Waals surface area contributed by atoms with Crippen molar-refractivity contribution in [3.8, 4) is 0 Å². The number of benzene rings is 1. The Balaban J connectivity index is 0.000000360. The van der Waals surface area contributed by atoms with Crippen molar-refractivity contribution in [2.24, 2.45) is 5.14 Å². The summed E-state index contributed by atoms with van der Waals surface area (Å²) in [5.74, 6) is -2.76. The summed E-state index contributed by atoms with van der Waals surface area (Å²) in [4.78, 5) is 8.90. The summed E-state index contributed by atoms with van der Waals surface area (Å²) in [5, 5.41) is 11.9. The van der Waals surface area contributed by atoms with E-state index < -0.39 is 22.4 Å². The molecule has 0 radical (unpaired) electrons. The van der Waals surface area contributed by atoms with Crippen molar-refractivity contribution < 1.29 is 31.5 Å². The number of hydrogen-bond donors (Lipinski definition) is 3. The van der Waals surface area contributed by atoms with Gasteiger partial charge in [0.15, 0.2) is 0 Å². The van der Waals surface area contributed by atoms with Crippen molar-refractivity contribution in [1.29, 1.82) is 0 Å². The zero-order valence-corrected chi connectivity index (χ0v) is 9.49. The third-order valence-electron chi connectivity index (χ3n) is 1.28. The van der Waals surface area contributed by atoms with Crippen LogP contribution in [0.5, 0.6) is 0 Å². The van der Waals surface area contributed by atoms with Gasteiger partial charge in [-0.15, -0.1) is 0 Å². The van der Waals surface area contributed by atoms with E-state index in [1.807, 2.05) is 0 Å². The fraction of sp³-hybridized carbons (Fsp3) is 0.125. The average molecular weight is 286 g/mol. The number of anilines is 1. The molecular weight excluding hydrogens is 277 g/mol. The van der Waals surface area contributed by atoms with Gasteiger partial charge >= 0.3 is 12.1 Å². The summed E-state index contributed by atoms with van der Waals surface area (Å²) >= 11 is 0. The van der Waals surface area contributed by atoms with Gasteiger partial charge in [-0.1, -0.05) is 18.2 Å². The SMILES string of the molecule is NS(=O)(=O)Nc1ccccc1.O=C(O)C(F)(F)F. The van der Waals surface area contributed by atoms with Gasteiger partial charge in [0, 0.05) is 5.69 Å². The number of hydrogen-bond acceptors (Lipinski definition) is 3. The quantitative estimate of drug-likeness (QED) is 0.751. The molecule has 0 aliphatic carbocycles. The Kier molecular flexibility index (Phi) is 5.59. The monoisotopic (exact) mass is 286 g/mol. The van der Waals surface area contributed by atoms with E-state index >= 15 is 0 Å². The Morgan fingerprint density at radius 1 is 1.22 bits per heavy atom. The Bertz CT molecular complexity index is 487. The van der Waals surface area contributed by atoms with Crippen LogP contribution in [-0.4, -0.2) is 25.7 Å². The lowest BCUT2D eigenvalue weighted by atomic mass is 10.3. The second-order valence-electron chi connectivity index (χ2n) is 2.82. The van der Waals surface area contributed by atoms with Crippen molar-refractivity contribution in [3.05, 3.63) is 30.3 Å². The Labute approximate surface area is 100 Å². The topological polar surface area (TPSA) is 109 Å². The van der Waals surface area contributed by atoms with E-state index in [9.17, 15) is 21.6 Å². The number of carboxylic acids is 1. The minimum Gasteiger partial charge on any atom is -0.475 e. The Hall–Kier alpha value is -1.81. The molecule has 0 aromatic heterocycles. The van der Waals surface area contributed by atoms with Crippen LogP contribution >= 0.6 is 0 Å². The van der Waals surface area contributed by atoms with Gasteiger partial charge in [-0.25, -0.2) is 9.93 Å². The van der Waals surface area contributed by atoms with E-state index in [1.54, 1.807) is 30.3 Å². The number of nitrogens with one attached hydrogen (secondary N) is 1. The van der Waals surface area contributed by atoms with Crippen molar-refractivity contribution in [3.63, 3.8) is 0 Å². The van der Waals surface area contributed by atoms with Gasteiger partial charge in [0.1, 0.15) is 0 Å². The van der Waals surface area contributed by atoms with Crippen LogP contribution in [0.1, 0.15) is 0 Å². The van der Waals surface area contributed by atoms with E-state index in [0.29, 0.717) is 5.69 Å². The largest absolute Gasteiger partial charge is 0.490 e. The highest BCUT2D eigenvalue weighted by molar-refractivity contribution is 7.90. The normalized spacial score (nSPS) is 11.1. The molecule has 0 bridgehead atoms. The highest BCUT2D eigenvalue weighted by atomic mass is 32.2. The van der Waals surface area contributed by atoms with Gasteiger partial charge in [-0.3, -0.25) is 4.72 Å². The first-order valence-corrected chi connectivity index (χ1v) is 5.72. The zero-order chi connectivity index (χ0) is 14.4. The van der Waals surface area contributed by atoms with Crippen molar-refractivity contribution in [2.75, 3.05) is 4.72 Å². The first-order chi connectivity index (χ1) is 8.02. The molecular formula is C8H9F3N2O4S. The van der Waals surface area contributed by atoms with Crippen molar-refractivity contribution >= 4 is 21.9 Å². The van der Waals surface area contributed by atoms with Gasteiger partial charge in [0.05, 0.1) is 0 Å². The van der Waals surface area contributed by atoms with E-state index in [1.165, 1.54) is 0 Å². The van der Waals surface area contributed by atoms with E-state index in [0.717, 1.165) is 0 Å². The molecule has 4 N–H and O–H groups in total. The maximum atomic E-state index is 10.6. The van der Waals surface area contributed by atoms with E-state index in [2.05, 4.69) is 4.72 Å². The maximum Gasteiger partial charge on any atom is 0.490 e. The number of rotatable bonds is 2. The molecule has 10 heteroatoms. The molecule has 0 fully saturated rings. The molecule has 0 unspecified atom stereocenters. The molecule has 18 heavy (non-hydrogen) atoms. The first-order valence-electron chi connectivity index (χ1n) is 4.18. The Morgan fingerprint density at radius 2 is 1.61 bits per heavy atom. The lowest BCUT2D eigenvalue weighted by molar-refractivity contribution is -0.192. The van der Waals surface area contributed by atoms with Crippen LogP contribution in [0.3, 0.4) is 0 Å². The second kappa shape index (κ2) is 6.21. The molecule has 6 nitrogen and oxygen atoms in total. The third kappa shape index (κ3) is 8.35. The van der Waals surface area contributed by atoms with E-state index in [4.69, 9.17) is 15.0 Å². The van der Waals surface area contributed by atoms with Crippen LogP contribution in [0.25, 0.3) is 0 Å². The second-order valence-corrected chi connectivity index (χ2v) is 4.11. The van der Waals surface area contributed by atoms with Crippen LogP contribution < -0.4 is 9.86 Å². The molecule has 0 amide bonds. The number of carboxylic acid groups (broad SMARTS) is 1. The summed E-state index contributed by atoms with van der Waals surface area (Å²) in [6.45, 7) is 0. The van der Waals surface area contributed by atoms with Gasteiger partial charge in [-0.05, 0) is 12.1 Å². The number of nitrogens with two attached hydrogens (primary N) is 1. The molecule has 0 spiro atoms. The molecule has 0 heterocycles.